The molecule has 0 spiro atoms. The molecule has 0 fully saturated rings. The predicted molar refractivity (Wildman–Crippen MR) is 72.7 cm³/mol. The molecule has 2 heterocycles. The Morgan fingerprint density at radius 1 is 1.16 bits per heavy atom. The number of hydrogen-bond donors (Lipinski definition) is 0. The Balaban J connectivity index is 2.14. The van der Waals surface area contributed by atoms with Gasteiger partial charge in [0.2, 0.25) is 0 Å². The topological polar surface area (TPSA) is 12.9 Å². The van der Waals surface area contributed by atoms with Gasteiger partial charge in [-0.2, -0.15) is 13.2 Å². The van der Waals surface area contributed by atoms with Crippen LogP contribution < -0.4 is 0 Å². The zero-order valence-electron chi connectivity index (χ0n) is 9.78. The van der Waals surface area contributed by atoms with Crippen LogP contribution in [0.3, 0.4) is 0 Å². The third-order valence-corrected chi connectivity index (χ3v) is 4.98. The van der Waals surface area contributed by atoms with Crippen molar-refractivity contribution < 1.29 is 13.2 Å². The molecular weight excluding hydrogens is 291 g/mol. The monoisotopic (exact) mass is 299 g/mol. The quantitative estimate of drug-likeness (QED) is 0.590. The predicted octanol–water partition coefficient (Wildman–Crippen LogP) is 5.35. The maximum Gasteiger partial charge on any atom is 0.416 e. The van der Waals surface area contributed by atoms with E-state index >= 15 is 0 Å². The summed E-state index contributed by atoms with van der Waals surface area (Å²) in [6.07, 6.45) is -4.32. The molecule has 19 heavy (non-hydrogen) atoms. The van der Waals surface area contributed by atoms with Crippen LogP contribution in [0, 0.1) is 6.92 Å². The van der Waals surface area contributed by atoms with Crippen molar-refractivity contribution in [3.8, 4) is 9.88 Å². The highest BCUT2D eigenvalue weighted by atomic mass is 32.1. The zero-order chi connectivity index (χ0) is 13.6. The second-order valence-corrected chi connectivity index (χ2v) is 6.08. The molecule has 6 heteroatoms. The highest BCUT2D eigenvalue weighted by Crippen LogP contribution is 2.37. The lowest BCUT2D eigenvalue weighted by Gasteiger charge is -2.04. The van der Waals surface area contributed by atoms with E-state index < -0.39 is 11.7 Å². The molecule has 0 saturated heterocycles. The van der Waals surface area contributed by atoms with E-state index in [1.807, 2.05) is 18.4 Å². The number of thiophene rings is 1. The molecule has 1 nitrogen and oxygen atoms in total. The molecule has 0 unspecified atom stereocenters. The van der Waals surface area contributed by atoms with Gasteiger partial charge in [0, 0.05) is 0 Å². The minimum Gasteiger partial charge on any atom is -0.235 e. The standard InChI is InChI=1S/C13H8F3NS2/c1-7-4-5-18-11(7)12-17-9-6-8(13(14,15)16)2-3-10(9)19-12/h2-6H,1H3. The van der Waals surface area contributed by atoms with Crippen molar-refractivity contribution >= 4 is 32.9 Å². The number of rotatable bonds is 1. The second kappa shape index (κ2) is 4.31. The number of fused-ring (bicyclic) bond motifs is 1. The average molecular weight is 299 g/mol. The Morgan fingerprint density at radius 2 is 1.95 bits per heavy atom. The van der Waals surface area contributed by atoms with Crippen LogP contribution >= 0.6 is 22.7 Å². The molecular formula is C13H8F3NS2. The highest BCUT2D eigenvalue weighted by molar-refractivity contribution is 7.25. The zero-order valence-corrected chi connectivity index (χ0v) is 11.4. The summed E-state index contributed by atoms with van der Waals surface area (Å²) in [6, 6.07) is 5.68. The lowest BCUT2D eigenvalue weighted by atomic mass is 10.2. The summed E-state index contributed by atoms with van der Waals surface area (Å²) in [5.41, 5.74) is 0.850. The van der Waals surface area contributed by atoms with Crippen molar-refractivity contribution in [3.05, 3.63) is 40.8 Å². The fourth-order valence-corrected chi connectivity index (χ4v) is 3.82. The van der Waals surface area contributed by atoms with Crippen molar-refractivity contribution in [3.63, 3.8) is 0 Å². The van der Waals surface area contributed by atoms with E-state index in [9.17, 15) is 13.2 Å². The van der Waals surface area contributed by atoms with Crippen molar-refractivity contribution in [2.45, 2.75) is 13.1 Å². The summed E-state index contributed by atoms with van der Waals surface area (Å²) in [7, 11) is 0. The molecule has 1 aromatic carbocycles. The normalized spacial score (nSPS) is 12.2. The van der Waals surface area contributed by atoms with Gasteiger partial charge in [-0.15, -0.1) is 22.7 Å². The van der Waals surface area contributed by atoms with Crippen LogP contribution in [0.5, 0.6) is 0 Å². The van der Waals surface area contributed by atoms with E-state index in [4.69, 9.17) is 0 Å². The first-order valence-electron chi connectivity index (χ1n) is 5.47. The van der Waals surface area contributed by atoms with E-state index in [1.165, 1.54) is 17.4 Å². The van der Waals surface area contributed by atoms with Gasteiger partial charge >= 0.3 is 6.18 Å². The molecule has 0 aliphatic carbocycles. The summed E-state index contributed by atoms with van der Waals surface area (Å²) in [4.78, 5) is 5.34. The first-order valence-corrected chi connectivity index (χ1v) is 7.17. The number of nitrogens with zero attached hydrogens (tertiary/aromatic N) is 1. The second-order valence-electron chi connectivity index (χ2n) is 4.13. The number of aryl methyl sites for hydroxylation is 1. The SMILES string of the molecule is Cc1ccsc1-c1nc2cc(C(F)(F)F)ccc2s1. The summed E-state index contributed by atoms with van der Waals surface area (Å²) in [5.74, 6) is 0. The first-order chi connectivity index (χ1) is 8.95. The fourth-order valence-electron chi connectivity index (χ4n) is 1.79. The van der Waals surface area contributed by atoms with Crippen molar-refractivity contribution in [2.24, 2.45) is 0 Å². The minimum absolute atomic E-state index is 0.405. The van der Waals surface area contributed by atoms with Crippen molar-refractivity contribution in [1.82, 2.24) is 4.98 Å². The Bertz CT molecular complexity index is 740. The number of hydrogen-bond acceptors (Lipinski definition) is 3. The fraction of sp³-hybridized carbons (Fsp3) is 0.154. The summed E-state index contributed by atoms with van der Waals surface area (Å²) in [6.45, 7) is 1.97. The lowest BCUT2D eigenvalue weighted by Crippen LogP contribution is -2.03. The number of halogens is 3. The van der Waals surface area contributed by atoms with Crippen LogP contribution in [0.2, 0.25) is 0 Å². The smallest absolute Gasteiger partial charge is 0.235 e. The van der Waals surface area contributed by atoms with Gasteiger partial charge in [0.15, 0.2) is 0 Å². The molecule has 0 radical (unpaired) electrons. The molecule has 0 amide bonds. The van der Waals surface area contributed by atoms with Gasteiger partial charge in [0.05, 0.1) is 20.7 Å². The Morgan fingerprint density at radius 3 is 2.58 bits per heavy atom. The van der Waals surface area contributed by atoms with Crippen molar-refractivity contribution in [1.29, 1.82) is 0 Å². The van der Waals surface area contributed by atoms with Crippen molar-refractivity contribution in [2.75, 3.05) is 0 Å². The molecule has 0 saturated carbocycles. The number of thiazole rings is 1. The van der Waals surface area contributed by atoms with Gasteiger partial charge in [-0.25, -0.2) is 4.98 Å². The average Bonchev–Trinajstić information content (AvgIpc) is 2.91. The molecule has 0 bridgehead atoms. The van der Waals surface area contributed by atoms with E-state index in [-0.39, 0.29) is 0 Å². The maximum absolute atomic E-state index is 12.6. The van der Waals surface area contributed by atoms with Crippen LogP contribution in [0.4, 0.5) is 13.2 Å². The first kappa shape index (κ1) is 12.6. The minimum atomic E-state index is -4.32. The third-order valence-electron chi connectivity index (χ3n) is 2.77. The number of alkyl halides is 3. The highest BCUT2D eigenvalue weighted by Gasteiger charge is 2.30. The molecule has 0 N–H and O–H groups in total. The molecule has 0 aliphatic rings. The molecule has 3 rings (SSSR count). The van der Waals surface area contributed by atoms with Crippen LogP contribution in [0.1, 0.15) is 11.1 Å². The maximum atomic E-state index is 12.6. The van der Waals surface area contributed by atoms with Crippen LogP contribution in [-0.4, -0.2) is 4.98 Å². The Kier molecular flexibility index (Phi) is 2.87. The van der Waals surface area contributed by atoms with Gasteiger partial charge in [0.25, 0.3) is 0 Å². The van der Waals surface area contributed by atoms with E-state index in [2.05, 4.69) is 4.98 Å². The van der Waals surface area contributed by atoms with Crippen LogP contribution in [0.15, 0.2) is 29.6 Å². The third kappa shape index (κ3) is 2.26. The number of benzene rings is 1. The van der Waals surface area contributed by atoms with E-state index in [1.54, 1.807) is 11.3 Å². The van der Waals surface area contributed by atoms with Gasteiger partial charge in [0.1, 0.15) is 5.01 Å². The lowest BCUT2D eigenvalue weighted by molar-refractivity contribution is -0.137. The van der Waals surface area contributed by atoms with Crippen LogP contribution in [-0.2, 0) is 6.18 Å². The molecule has 2 aromatic heterocycles. The van der Waals surface area contributed by atoms with E-state index in [0.29, 0.717) is 5.52 Å². The van der Waals surface area contributed by atoms with Gasteiger partial charge < -0.3 is 0 Å². The summed E-state index contributed by atoms with van der Waals surface area (Å²) in [5, 5.41) is 2.74. The van der Waals surface area contributed by atoms with Crippen LogP contribution in [0.25, 0.3) is 20.1 Å². The number of aromatic nitrogens is 1. The molecule has 0 aliphatic heterocycles. The largest absolute Gasteiger partial charge is 0.416 e. The molecule has 0 atom stereocenters. The Hall–Kier alpha value is -1.40. The summed E-state index contributed by atoms with van der Waals surface area (Å²) < 4.78 is 38.7. The van der Waals surface area contributed by atoms with Gasteiger partial charge in [-0.05, 0) is 42.1 Å². The van der Waals surface area contributed by atoms with Gasteiger partial charge in [-0.1, -0.05) is 0 Å². The Labute approximate surface area is 115 Å². The van der Waals surface area contributed by atoms with Gasteiger partial charge in [-0.3, -0.25) is 0 Å². The molecule has 98 valence electrons. The van der Waals surface area contributed by atoms with E-state index in [0.717, 1.165) is 32.3 Å². The molecule has 3 aromatic rings. The summed E-state index contributed by atoms with van der Waals surface area (Å²) >= 11 is 2.97.